The molecule has 5 heteroatoms. The van der Waals surface area contributed by atoms with Crippen LogP contribution in [0.1, 0.15) is 38.3 Å². The second kappa shape index (κ2) is 6.41. The van der Waals surface area contributed by atoms with Gasteiger partial charge in [-0.3, -0.25) is 10.1 Å². The van der Waals surface area contributed by atoms with Crippen LogP contribution < -0.4 is 5.32 Å². The molecule has 0 saturated carbocycles. The Morgan fingerprint density at radius 3 is 2.50 bits per heavy atom. The molecule has 0 unspecified atom stereocenters. The van der Waals surface area contributed by atoms with Crippen molar-refractivity contribution < 1.29 is 19.4 Å². The van der Waals surface area contributed by atoms with Gasteiger partial charge in [-0.1, -0.05) is 6.07 Å². The summed E-state index contributed by atoms with van der Waals surface area (Å²) in [7, 11) is 0. The van der Waals surface area contributed by atoms with Crippen molar-refractivity contribution in [3.05, 3.63) is 29.3 Å². The molecule has 0 saturated heterocycles. The Bertz CT molecular complexity index is 503. The lowest BCUT2D eigenvalue weighted by Crippen LogP contribution is -2.27. The van der Waals surface area contributed by atoms with Crippen molar-refractivity contribution in [1.82, 2.24) is 0 Å². The summed E-state index contributed by atoms with van der Waals surface area (Å²) < 4.78 is 5.17. The molecule has 2 N–H and O–H groups in total. The second-order valence-corrected chi connectivity index (χ2v) is 5.66. The van der Waals surface area contributed by atoms with E-state index >= 15 is 0 Å². The quantitative estimate of drug-likeness (QED) is 0.886. The van der Waals surface area contributed by atoms with Crippen LogP contribution >= 0.6 is 0 Å². The first kappa shape index (κ1) is 16.0. The van der Waals surface area contributed by atoms with Crippen LogP contribution in [0.5, 0.6) is 0 Å². The summed E-state index contributed by atoms with van der Waals surface area (Å²) in [6, 6.07) is 5.40. The number of aliphatic carboxylic acids is 1. The van der Waals surface area contributed by atoms with Gasteiger partial charge in [0.2, 0.25) is 0 Å². The van der Waals surface area contributed by atoms with Crippen molar-refractivity contribution in [3.8, 4) is 0 Å². The number of carbonyl (C=O) groups is 2. The van der Waals surface area contributed by atoms with Gasteiger partial charge in [-0.2, -0.15) is 0 Å². The summed E-state index contributed by atoms with van der Waals surface area (Å²) in [4.78, 5) is 22.3. The van der Waals surface area contributed by atoms with Crippen LogP contribution in [0.25, 0.3) is 0 Å². The van der Waals surface area contributed by atoms with Crippen molar-refractivity contribution in [2.24, 2.45) is 0 Å². The monoisotopic (exact) mass is 279 g/mol. The molecule has 0 radical (unpaired) electrons. The summed E-state index contributed by atoms with van der Waals surface area (Å²) in [6.45, 7) is 7.29. The van der Waals surface area contributed by atoms with E-state index in [2.05, 4.69) is 5.32 Å². The molecule has 0 spiro atoms. The molecule has 0 atom stereocenters. The molecule has 0 bridgehead atoms. The predicted octanol–water partition coefficient (Wildman–Crippen LogP) is 3.36. The van der Waals surface area contributed by atoms with Crippen LogP contribution in [-0.2, 0) is 16.0 Å². The lowest BCUT2D eigenvalue weighted by atomic mass is 10.0. The van der Waals surface area contributed by atoms with Crippen molar-refractivity contribution in [2.45, 2.75) is 46.1 Å². The molecule has 0 aliphatic rings. The van der Waals surface area contributed by atoms with Crippen molar-refractivity contribution in [1.29, 1.82) is 0 Å². The van der Waals surface area contributed by atoms with E-state index in [9.17, 15) is 9.59 Å². The number of ether oxygens (including phenoxy) is 1. The lowest BCUT2D eigenvalue weighted by molar-refractivity contribution is -0.136. The molecular weight excluding hydrogens is 258 g/mol. The van der Waals surface area contributed by atoms with Gasteiger partial charge >= 0.3 is 12.1 Å². The van der Waals surface area contributed by atoms with Crippen LogP contribution in [-0.4, -0.2) is 22.8 Å². The fraction of sp³-hybridized carbons (Fsp3) is 0.467. The highest BCUT2D eigenvalue weighted by Crippen LogP contribution is 2.18. The Morgan fingerprint density at radius 2 is 1.95 bits per heavy atom. The first-order valence-electron chi connectivity index (χ1n) is 6.49. The Balaban J connectivity index is 2.74. The summed E-state index contributed by atoms with van der Waals surface area (Å²) >= 11 is 0. The van der Waals surface area contributed by atoms with E-state index in [0.29, 0.717) is 12.1 Å². The molecular formula is C15H21NO4. The van der Waals surface area contributed by atoms with E-state index in [-0.39, 0.29) is 6.42 Å². The van der Waals surface area contributed by atoms with Crippen LogP contribution in [0, 0.1) is 6.92 Å². The molecule has 0 aliphatic carbocycles. The van der Waals surface area contributed by atoms with E-state index in [1.165, 1.54) is 0 Å². The minimum atomic E-state index is -0.838. The third-order valence-corrected chi connectivity index (χ3v) is 2.60. The first-order valence-corrected chi connectivity index (χ1v) is 6.49. The number of benzene rings is 1. The molecule has 1 amide bonds. The highest BCUT2D eigenvalue weighted by atomic mass is 16.6. The van der Waals surface area contributed by atoms with Gasteiger partial charge in [-0.25, -0.2) is 4.79 Å². The number of anilines is 1. The van der Waals surface area contributed by atoms with E-state index in [1.54, 1.807) is 32.9 Å². The SMILES string of the molecule is Cc1ccc(NC(=O)OC(C)(C)C)cc1CCC(=O)O. The third-order valence-electron chi connectivity index (χ3n) is 2.60. The summed E-state index contributed by atoms with van der Waals surface area (Å²) in [6.07, 6.45) is -0.0209. The van der Waals surface area contributed by atoms with E-state index in [4.69, 9.17) is 9.84 Å². The number of rotatable bonds is 4. The number of amides is 1. The molecule has 1 aromatic carbocycles. The number of nitrogens with one attached hydrogen (secondary N) is 1. The lowest BCUT2D eigenvalue weighted by Gasteiger charge is -2.20. The number of hydrogen-bond donors (Lipinski definition) is 2. The van der Waals surface area contributed by atoms with Crippen molar-refractivity contribution >= 4 is 17.7 Å². The maximum atomic E-state index is 11.7. The predicted molar refractivity (Wildman–Crippen MR) is 77.0 cm³/mol. The van der Waals surface area contributed by atoms with Gasteiger partial charge in [0, 0.05) is 12.1 Å². The average molecular weight is 279 g/mol. The number of carboxylic acids is 1. The molecule has 0 heterocycles. The fourth-order valence-corrected chi connectivity index (χ4v) is 1.68. The summed E-state index contributed by atoms with van der Waals surface area (Å²) in [5, 5.41) is 11.4. The Morgan fingerprint density at radius 1 is 1.30 bits per heavy atom. The zero-order chi connectivity index (χ0) is 15.3. The van der Waals surface area contributed by atoms with E-state index in [0.717, 1.165) is 11.1 Å². The largest absolute Gasteiger partial charge is 0.481 e. The van der Waals surface area contributed by atoms with Crippen LogP contribution in [0.15, 0.2) is 18.2 Å². The van der Waals surface area contributed by atoms with E-state index < -0.39 is 17.7 Å². The molecule has 1 rings (SSSR count). The first-order chi connectivity index (χ1) is 9.17. The molecule has 0 aliphatic heterocycles. The van der Waals surface area contributed by atoms with Crippen molar-refractivity contribution in [3.63, 3.8) is 0 Å². The molecule has 110 valence electrons. The van der Waals surface area contributed by atoms with E-state index in [1.807, 2.05) is 13.0 Å². The van der Waals surface area contributed by atoms with Gasteiger partial charge in [-0.05, 0) is 57.4 Å². The minimum Gasteiger partial charge on any atom is -0.481 e. The zero-order valence-electron chi connectivity index (χ0n) is 12.3. The molecule has 0 fully saturated rings. The van der Waals surface area contributed by atoms with Crippen molar-refractivity contribution in [2.75, 3.05) is 5.32 Å². The van der Waals surface area contributed by atoms with Gasteiger partial charge in [0.15, 0.2) is 0 Å². The zero-order valence-corrected chi connectivity index (χ0v) is 12.3. The van der Waals surface area contributed by atoms with Gasteiger partial charge < -0.3 is 9.84 Å². The molecule has 0 aromatic heterocycles. The van der Waals surface area contributed by atoms with Crippen LogP contribution in [0.3, 0.4) is 0 Å². The normalized spacial score (nSPS) is 11.0. The van der Waals surface area contributed by atoms with Gasteiger partial charge in [0.1, 0.15) is 5.60 Å². The second-order valence-electron chi connectivity index (χ2n) is 5.66. The number of hydrogen-bond acceptors (Lipinski definition) is 3. The highest BCUT2D eigenvalue weighted by molar-refractivity contribution is 5.85. The Kier molecular flexibility index (Phi) is 5.13. The molecule has 5 nitrogen and oxygen atoms in total. The number of aryl methyl sites for hydroxylation is 2. The molecule has 20 heavy (non-hydrogen) atoms. The fourth-order valence-electron chi connectivity index (χ4n) is 1.68. The maximum Gasteiger partial charge on any atom is 0.412 e. The van der Waals surface area contributed by atoms with Gasteiger partial charge in [0.25, 0.3) is 0 Å². The number of carbonyl (C=O) groups excluding carboxylic acids is 1. The van der Waals surface area contributed by atoms with Crippen LogP contribution in [0.2, 0.25) is 0 Å². The molecule has 1 aromatic rings. The minimum absolute atomic E-state index is 0.0662. The Hall–Kier alpha value is -2.04. The Labute approximate surface area is 118 Å². The summed E-state index contributed by atoms with van der Waals surface area (Å²) in [5.41, 5.74) is 1.95. The van der Waals surface area contributed by atoms with Gasteiger partial charge in [-0.15, -0.1) is 0 Å². The van der Waals surface area contributed by atoms with Gasteiger partial charge in [0.05, 0.1) is 0 Å². The average Bonchev–Trinajstić information content (AvgIpc) is 2.27. The summed E-state index contributed by atoms with van der Waals surface area (Å²) in [5.74, 6) is -0.838. The smallest absolute Gasteiger partial charge is 0.412 e. The third kappa shape index (κ3) is 5.73. The highest BCUT2D eigenvalue weighted by Gasteiger charge is 2.16. The topological polar surface area (TPSA) is 75.6 Å². The number of carboxylic acid groups (broad SMARTS) is 1. The van der Waals surface area contributed by atoms with Crippen LogP contribution in [0.4, 0.5) is 10.5 Å². The maximum absolute atomic E-state index is 11.7. The standard InChI is InChI=1S/C15H21NO4/c1-10-5-7-12(9-11(10)6-8-13(17)18)16-14(19)20-15(2,3)4/h5,7,9H,6,8H2,1-4H3,(H,16,19)(H,17,18).